The van der Waals surface area contributed by atoms with E-state index in [9.17, 15) is 0 Å². The van der Waals surface area contributed by atoms with E-state index in [4.69, 9.17) is 0 Å². The van der Waals surface area contributed by atoms with Gasteiger partial charge >= 0.3 is 0 Å². The molecule has 0 aromatic carbocycles. The molecule has 4 bridgehead atoms. The Balaban J connectivity index is 2.13. The van der Waals surface area contributed by atoms with Gasteiger partial charge in [-0.15, -0.1) is 0 Å². The fourth-order valence-electron chi connectivity index (χ4n) is 4.45. The van der Waals surface area contributed by atoms with Gasteiger partial charge in [0.1, 0.15) is 0 Å². The molecule has 4 aliphatic rings. The summed E-state index contributed by atoms with van der Waals surface area (Å²) < 4.78 is 0. The standard InChI is InChI=1S/C10H16/c1-9(2)6-4-7-8(9)10(7,3)5-6/h6-8H,4-5H2,1-3H3/t6-,7-,8-,10-/m1/s1. The maximum absolute atomic E-state index is 2.51. The summed E-state index contributed by atoms with van der Waals surface area (Å²) in [6.45, 7) is 7.48. The summed E-state index contributed by atoms with van der Waals surface area (Å²) in [5.74, 6) is 3.35. The van der Waals surface area contributed by atoms with Crippen LogP contribution in [-0.2, 0) is 0 Å². The topological polar surface area (TPSA) is 0 Å². The van der Waals surface area contributed by atoms with Gasteiger partial charge in [-0.25, -0.2) is 0 Å². The molecule has 4 fully saturated rings. The highest BCUT2D eigenvalue weighted by atomic mass is 14.8. The van der Waals surface area contributed by atoms with Crippen LogP contribution in [0.3, 0.4) is 0 Å². The molecular formula is C10H16. The molecule has 4 rings (SSSR count). The van der Waals surface area contributed by atoms with Gasteiger partial charge in [-0.3, -0.25) is 0 Å². The van der Waals surface area contributed by atoms with E-state index in [2.05, 4.69) is 20.8 Å². The maximum Gasteiger partial charge on any atom is -0.0255 e. The lowest BCUT2D eigenvalue weighted by atomic mass is 9.83. The minimum absolute atomic E-state index is 0.722. The van der Waals surface area contributed by atoms with Crippen molar-refractivity contribution in [1.29, 1.82) is 0 Å². The summed E-state index contributed by atoms with van der Waals surface area (Å²) in [5, 5.41) is 0. The molecule has 4 atom stereocenters. The highest BCUT2D eigenvalue weighted by Crippen LogP contribution is 2.85. The molecule has 0 aromatic rings. The van der Waals surface area contributed by atoms with E-state index in [-0.39, 0.29) is 0 Å². The van der Waals surface area contributed by atoms with Crippen molar-refractivity contribution in [2.75, 3.05) is 0 Å². The van der Waals surface area contributed by atoms with Gasteiger partial charge in [-0.05, 0) is 41.4 Å². The SMILES string of the molecule is CC1(C)[C@@H]2C[C@@H]3[C@H]1[C@]3(C)C2. The van der Waals surface area contributed by atoms with E-state index in [0.717, 1.165) is 28.6 Å². The van der Waals surface area contributed by atoms with Crippen molar-refractivity contribution in [2.24, 2.45) is 28.6 Å². The van der Waals surface area contributed by atoms with E-state index in [0.29, 0.717) is 0 Å². The molecule has 10 heavy (non-hydrogen) atoms. The van der Waals surface area contributed by atoms with Gasteiger partial charge in [0.25, 0.3) is 0 Å². The molecular weight excluding hydrogens is 120 g/mol. The van der Waals surface area contributed by atoms with Gasteiger partial charge in [-0.1, -0.05) is 20.8 Å². The Bertz CT molecular complexity index is 204. The van der Waals surface area contributed by atoms with Crippen LogP contribution >= 0.6 is 0 Å². The lowest BCUT2D eigenvalue weighted by molar-refractivity contribution is 0.269. The quantitative estimate of drug-likeness (QED) is 0.480. The Morgan fingerprint density at radius 3 is 2.00 bits per heavy atom. The minimum Gasteiger partial charge on any atom is -0.0593 e. The largest absolute Gasteiger partial charge is 0.0593 e. The zero-order chi connectivity index (χ0) is 7.15. The number of hydrogen-bond acceptors (Lipinski definition) is 0. The Morgan fingerprint density at radius 1 is 1.20 bits per heavy atom. The fourth-order valence-corrected chi connectivity index (χ4v) is 4.45. The molecule has 0 heterocycles. The van der Waals surface area contributed by atoms with Gasteiger partial charge < -0.3 is 0 Å². The summed E-state index contributed by atoms with van der Waals surface area (Å²) in [6.07, 6.45) is 3.11. The van der Waals surface area contributed by atoms with Crippen molar-refractivity contribution in [1.82, 2.24) is 0 Å². The van der Waals surface area contributed by atoms with Crippen LogP contribution < -0.4 is 0 Å². The lowest BCUT2D eigenvalue weighted by Gasteiger charge is -2.22. The maximum atomic E-state index is 2.51. The summed E-state index contributed by atoms with van der Waals surface area (Å²) in [7, 11) is 0. The Hall–Kier alpha value is 0. The zero-order valence-corrected chi connectivity index (χ0v) is 7.15. The summed E-state index contributed by atoms with van der Waals surface area (Å²) in [6, 6.07) is 0. The number of rotatable bonds is 0. The van der Waals surface area contributed by atoms with Crippen LogP contribution in [0, 0.1) is 28.6 Å². The van der Waals surface area contributed by atoms with Crippen molar-refractivity contribution < 1.29 is 0 Å². The normalized spacial score (nSPS) is 66.9. The van der Waals surface area contributed by atoms with Crippen LogP contribution in [0.25, 0.3) is 0 Å². The molecule has 0 heteroatoms. The third-order valence-corrected chi connectivity index (χ3v) is 4.93. The summed E-state index contributed by atoms with van der Waals surface area (Å²) in [5.41, 5.74) is 1.55. The molecule has 0 N–H and O–H groups in total. The van der Waals surface area contributed by atoms with Gasteiger partial charge in [-0.2, -0.15) is 0 Å². The van der Waals surface area contributed by atoms with Crippen molar-refractivity contribution >= 4 is 0 Å². The van der Waals surface area contributed by atoms with E-state index in [1.54, 1.807) is 12.8 Å². The average Bonchev–Trinajstić information content (AvgIpc) is 2.16. The number of hydrogen-bond donors (Lipinski definition) is 0. The Labute approximate surface area is 63.0 Å². The second-order valence-electron chi connectivity index (χ2n) is 5.55. The molecule has 0 radical (unpaired) electrons. The first-order valence-electron chi connectivity index (χ1n) is 4.57. The van der Waals surface area contributed by atoms with Gasteiger partial charge in [0.15, 0.2) is 0 Å². The second kappa shape index (κ2) is 1.09. The van der Waals surface area contributed by atoms with Gasteiger partial charge in [0.2, 0.25) is 0 Å². The molecule has 4 saturated carbocycles. The van der Waals surface area contributed by atoms with Gasteiger partial charge in [0, 0.05) is 0 Å². The van der Waals surface area contributed by atoms with Crippen molar-refractivity contribution in [2.45, 2.75) is 33.6 Å². The van der Waals surface area contributed by atoms with Crippen LogP contribution in [0.4, 0.5) is 0 Å². The van der Waals surface area contributed by atoms with Crippen LogP contribution in [0.1, 0.15) is 33.6 Å². The van der Waals surface area contributed by atoms with E-state index in [1.165, 1.54) is 0 Å². The fraction of sp³-hybridized carbons (Fsp3) is 1.00. The molecule has 4 aliphatic carbocycles. The third-order valence-electron chi connectivity index (χ3n) is 4.93. The van der Waals surface area contributed by atoms with E-state index < -0.39 is 0 Å². The van der Waals surface area contributed by atoms with E-state index >= 15 is 0 Å². The summed E-state index contributed by atoms with van der Waals surface area (Å²) >= 11 is 0. The van der Waals surface area contributed by atoms with Crippen LogP contribution in [-0.4, -0.2) is 0 Å². The van der Waals surface area contributed by atoms with Crippen molar-refractivity contribution in [3.63, 3.8) is 0 Å². The van der Waals surface area contributed by atoms with Crippen molar-refractivity contribution in [3.05, 3.63) is 0 Å². The average molecular weight is 136 g/mol. The van der Waals surface area contributed by atoms with Crippen molar-refractivity contribution in [3.8, 4) is 0 Å². The minimum atomic E-state index is 0.722. The molecule has 0 aromatic heterocycles. The first kappa shape index (κ1) is 5.62. The van der Waals surface area contributed by atoms with Crippen LogP contribution in [0.5, 0.6) is 0 Å². The molecule has 0 unspecified atom stereocenters. The molecule has 0 aliphatic heterocycles. The second-order valence-corrected chi connectivity index (χ2v) is 5.55. The molecule has 0 nitrogen and oxygen atoms in total. The molecule has 56 valence electrons. The monoisotopic (exact) mass is 136 g/mol. The molecule has 0 spiro atoms. The summed E-state index contributed by atoms with van der Waals surface area (Å²) in [4.78, 5) is 0. The predicted molar refractivity (Wildman–Crippen MR) is 41.6 cm³/mol. The first-order chi connectivity index (χ1) is 4.57. The van der Waals surface area contributed by atoms with Gasteiger partial charge in [0.05, 0.1) is 0 Å². The van der Waals surface area contributed by atoms with Crippen LogP contribution in [0.15, 0.2) is 0 Å². The Kier molecular flexibility index (Phi) is 0.612. The zero-order valence-electron chi connectivity index (χ0n) is 7.15. The third kappa shape index (κ3) is 0.320. The van der Waals surface area contributed by atoms with E-state index in [1.807, 2.05) is 0 Å². The highest BCUT2D eigenvalue weighted by molar-refractivity contribution is 5.26. The lowest BCUT2D eigenvalue weighted by Crippen LogP contribution is -2.15. The predicted octanol–water partition coefficient (Wildman–Crippen LogP) is 2.69. The molecule has 0 saturated heterocycles. The van der Waals surface area contributed by atoms with Crippen LogP contribution in [0.2, 0.25) is 0 Å². The first-order valence-corrected chi connectivity index (χ1v) is 4.57. The smallest absolute Gasteiger partial charge is 0.0255 e. The molecule has 0 amide bonds. The Morgan fingerprint density at radius 2 is 1.90 bits per heavy atom. The highest BCUT2D eigenvalue weighted by Gasteiger charge is 2.78.